The normalized spacial score (nSPS) is 15.6. The summed E-state index contributed by atoms with van der Waals surface area (Å²) in [5, 5.41) is 5.48. The molecule has 28 heavy (non-hydrogen) atoms. The number of hydrogen-bond donors (Lipinski definition) is 1. The van der Waals surface area contributed by atoms with Crippen LogP contribution >= 0.6 is 11.8 Å². The SMILES string of the molecule is CCCCC(CCC)C(=O)NCC1=CC=C(C(S/C=C(\C)CC)=C(C)C)CC1. The molecule has 1 aliphatic carbocycles. The second-order valence-electron chi connectivity index (χ2n) is 8.13. The Kier molecular flexibility index (Phi) is 12.3. The molecular formula is C25H41NOS. The van der Waals surface area contributed by atoms with Crippen LogP contribution in [0.1, 0.15) is 92.9 Å². The van der Waals surface area contributed by atoms with Crippen molar-refractivity contribution in [1.29, 1.82) is 0 Å². The minimum atomic E-state index is 0.183. The molecule has 0 aromatic carbocycles. The number of rotatable bonds is 12. The molecular weight excluding hydrogens is 362 g/mol. The minimum Gasteiger partial charge on any atom is -0.352 e. The van der Waals surface area contributed by atoms with Crippen molar-refractivity contribution in [2.75, 3.05) is 6.54 Å². The van der Waals surface area contributed by atoms with E-state index in [4.69, 9.17) is 0 Å². The minimum absolute atomic E-state index is 0.183. The van der Waals surface area contributed by atoms with E-state index in [-0.39, 0.29) is 11.8 Å². The fourth-order valence-electron chi connectivity index (χ4n) is 3.32. The Balaban J connectivity index is 2.69. The van der Waals surface area contributed by atoms with Crippen LogP contribution in [-0.2, 0) is 4.79 Å². The van der Waals surface area contributed by atoms with Crippen LogP contribution in [0, 0.1) is 5.92 Å². The van der Waals surface area contributed by atoms with Gasteiger partial charge in [-0.15, -0.1) is 0 Å². The summed E-state index contributed by atoms with van der Waals surface area (Å²) in [5.74, 6) is 0.425. The van der Waals surface area contributed by atoms with Crippen molar-refractivity contribution in [3.63, 3.8) is 0 Å². The monoisotopic (exact) mass is 403 g/mol. The second kappa shape index (κ2) is 13.9. The van der Waals surface area contributed by atoms with Gasteiger partial charge in [0.1, 0.15) is 0 Å². The highest BCUT2D eigenvalue weighted by Gasteiger charge is 2.18. The molecule has 158 valence electrons. The Morgan fingerprint density at radius 1 is 1.11 bits per heavy atom. The van der Waals surface area contributed by atoms with Gasteiger partial charge in [0, 0.05) is 17.4 Å². The molecule has 3 heteroatoms. The zero-order valence-electron chi connectivity index (χ0n) is 19.0. The Morgan fingerprint density at radius 3 is 2.39 bits per heavy atom. The van der Waals surface area contributed by atoms with Crippen molar-refractivity contribution in [2.24, 2.45) is 5.92 Å². The van der Waals surface area contributed by atoms with Gasteiger partial charge in [0.25, 0.3) is 0 Å². The molecule has 1 rings (SSSR count). The highest BCUT2D eigenvalue weighted by Crippen LogP contribution is 2.35. The summed E-state index contributed by atoms with van der Waals surface area (Å²) < 4.78 is 0. The highest BCUT2D eigenvalue weighted by atomic mass is 32.2. The van der Waals surface area contributed by atoms with Gasteiger partial charge < -0.3 is 5.32 Å². The Morgan fingerprint density at radius 2 is 1.86 bits per heavy atom. The largest absolute Gasteiger partial charge is 0.352 e. The standard InChI is InChI=1S/C25H41NOS/c1-7-10-12-23(11-8-2)25(27)26-17-21-13-15-22(16-14-21)24(19(4)5)28-18-20(6)9-3/h13,15,18,23H,7-12,14,16-17H2,1-6H3,(H,26,27)/b20-18+. The predicted molar refractivity (Wildman–Crippen MR) is 126 cm³/mol. The molecule has 0 radical (unpaired) electrons. The van der Waals surface area contributed by atoms with Crippen LogP contribution in [0.4, 0.5) is 0 Å². The lowest BCUT2D eigenvalue weighted by atomic mass is 9.95. The average Bonchev–Trinajstić information content (AvgIpc) is 2.69. The van der Waals surface area contributed by atoms with Crippen molar-refractivity contribution >= 4 is 17.7 Å². The molecule has 2 nitrogen and oxygen atoms in total. The van der Waals surface area contributed by atoms with Gasteiger partial charge in [-0.25, -0.2) is 0 Å². The molecule has 0 spiro atoms. The maximum atomic E-state index is 12.6. The molecule has 0 fully saturated rings. The molecule has 0 heterocycles. The molecule has 1 aliphatic rings. The topological polar surface area (TPSA) is 29.1 Å². The zero-order chi connectivity index (χ0) is 20.9. The number of carbonyl (C=O) groups excluding carboxylic acids is 1. The lowest BCUT2D eigenvalue weighted by molar-refractivity contribution is -0.125. The van der Waals surface area contributed by atoms with E-state index < -0.39 is 0 Å². The van der Waals surface area contributed by atoms with E-state index >= 15 is 0 Å². The number of amides is 1. The number of unbranched alkanes of at least 4 members (excludes halogenated alkanes) is 1. The summed E-state index contributed by atoms with van der Waals surface area (Å²) in [4.78, 5) is 13.9. The Bertz CT molecular complexity index is 620. The molecule has 0 aliphatic heterocycles. The van der Waals surface area contributed by atoms with E-state index in [1.54, 1.807) is 0 Å². The average molecular weight is 404 g/mol. The second-order valence-corrected chi connectivity index (χ2v) is 9.01. The van der Waals surface area contributed by atoms with Crippen LogP contribution in [0.3, 0.4) is 0 Å². The summed E-state index contributed by atoms with van der Waals surface area (Å²) in [6, 6.07) is 0. The van der Waals surface area contributed by atoms with E-state index in [9.17, 15) is 4.79 Å². The number of carbonyl (C=O) groups is 1. The molecule has 1 unspecified atom stereocenters. The molecule has 0 aromatic rings. The summed E-state index contributed by atoms with van der Waals surface area (Å²) in [6.07, 6.45) is 13.1. The van der Waals surface area contributed by atoms with E-state index in [2.05, 4.69) is 64.4 Å². The smallest absolute Gasteiger partial charge is 0.223 e. The number of nitrogens with one attached hydrogen (secondary N) is 1. The van der Waals surface area contributed by atoms with Crippen LogP contribution in [-0.4, -0.2) is 12.5 Å². The first-order chi connectivity index (χ1) is 13.4. The quantitative estimate of drug-likeness (QED) is 0.362. The third-order valence-corrected chi connectivity index (χ3v) is 6.75. The highest BCUT2D eigenvalue weighted by molar-refractivity contribution is 8.06. The lowest BCUT2D eigenvalue weighted by Crippen LogP contribution is -2.32. The Labute approximate surface area is 178 Å². The summed E-state index contributed by atoms with van der Waals surface area (Å²) >= 11 is 1.86. The molecule has 0 aromatic heterocycles. The van der Waals surface area contributed by atoms with Gasteiger partial charge in [0.2, 0.25) is 5.91 Å². The van der Waals surface area contributed by atoms with E-state index in [0.717, 1.165) is 51.4 Å². The maximum absolute atomic E-state index is 12.6. The van der Waals surface area contributed by atoms with E-state index in [1.807, 2.05) is 11.8 Å². The molecule has 0 saturated heterocycles. The van der Waals surface area contributed by atoms with Crippen molar-refractivity contribution in [2.45, 2.75) is 92.9 Å². The number of hydrogen-bond acceptors (Lipinski definition) is 2. The predicted octanol–water partition coefficient (Wildman–Crippen LogP) is 7.70. The van der Waals surface area contributed by atoms with Crippen molar-refractivity contribution in [3.05, 3.63) is 44.8 Å². The van der Waals surface area contributed by atoms with Gasteiger partial charge in [-0.2, -0.15) is 0 Å². The van der Waals surface area contributed by atoms with Crippen LogP contribution in [0.25, 0.3) is 0 Å². The van der Waals surface area contributed by atoms with Crippen LogP contribution in [0.2, 0.25) is 0 Å². The molecule has 1 N–H and O–H groups in total. The van der Waals surface area contributed by atoms with E-state index in [1.165, 1.54) is 27.2 Å². The van der Waals surface area contributed by atoms with Gasteiger partial charge >= 0.3 is 0 Å². The molecule has 0 bridgehead atoms. The van der Waals surface area contributed by atoms with Gasteiger partial charge in [-0.05, 0) is 63.9 Å². The maximum Gasteiger partial charge on any atom is 0.223 e. The van der Waals surface area contributed by atoms with Gasteiger partial charge in [-0.3, -0.25) is 4.79 Å². The molecule has 0 saturated carbocycles. The third kappa shape index (κ3) is 8.86. The van der Waals surface area contributed by atoms with Crippen molar-refractivity contribution in [1.82, 2.24) is 5.32 Å². The number of allylic oxidation sites excluding steroid dienone is 5. The summed E-state index contributed by atoms with van der Waals surface area (Å²) in [5.41, 5.74) is 5.55. The first kappa shape index (κ1) is 24.8. The first-order valence-corrected chi connectivity index (χ1v) is 12.0. The summed E-state index contributed by atoms with van der Waals surface area (Å²) in [6.45, 7) is 13.8. The fraction of sp³-hybridized carbons (Fsp3) is 0.640. The zero-order valence-corrected chi connectivity index (χ0v) is 19.8. The molecule has 1 atom stereocenters. The first-order valence-electron chi connectivity index (χ1n) is 11.1. The lowest BCUT2D eigenvalue weighted by Gasteiger charge is -2.20. The van der Waals surface area contributed by atoms with Gasteiger partial charge in [0.05, 0.1) is 0 Å². The third-order valence-electron chi connectivity index (χ3n) is 5.32. The van der Waals surface area contributed by atoms with Crippen LogP contribution in [0.5, 0.6) is 0 Å². The van der Waals surface area contributed by atoms with Gasteiger partial charge in [-0.1, -0.05) is 80.7 Å². The van der Waals surface area contributed by atoms with E-state index in [0.29, 0.717) is 6.54 Å². The summed E-state index contributed by atoms with van der Waals surface area (Å²) in [7, 11) is 0. The van der Waals surface area contributed by atoms with Crippen LogP contribution in [0.15, 0.2) is 44.8 Å². The van der Waals surface area contributed by atoms with Crippen molar-refractivity contribution < 1.29 is 4.79 Å². The van der Waals surface area contributed by atoms with Crippen molar-refractivity contribution in [3.8, 4) is 0 Å². The van der Waals surface area contributed by atoms with Crippen LogP contribution < -0.4 is 5.32 Å². The Hall–Kier alpha value is -1.22. The van der Waals surface area contributed by atoms with Gasteiger partial charge in [0.15, 0.2) is 0 Å². The fourth-order valence-corrected chi connectivity index (χ4v) is 4.37. The molecule has 1 amide bonds. The number of thioether (sulfide) groups is 1.